The van der Waals surface area contributed by atoms with E-state index in [0.29, 0.717) is 0 Å². The molecule has 1 aromatic heterocycles. The van der Waals surface area contributed by atoms with E-state index in [0.717, 1.165) is 24.6 Å². The zero-order chi connectivity index (χ0) is 13.7. The number of carboxylic acids is 1. The van der Waals surface area contributed by atoms with Crippen LogP contribution in [0.4, 0.5) is 5.69 Å². The highest BCUT2D eigenvalue weighted by molar-refractivity contribution is 5.86. The minimum absolute atomic E-state index is 0.0873. The molecule has 0 aliphatic carbocycles. The summed E-state index contributed by atoms with van der Waals surface area (Å²) in [6.45, 7) is 3.25. The van der Waals surface area contributed by atoms with Crippen LogP contribution in [-0.4, -0.2) is 47.6 Å². The molecule has 0 unspecified atom stereocenters. The van der Waals surface area contributed by atoms with E-state index < -0.39 is 5.97 Å². The number of anilines is 1. The fourth-order valence-electron chi connectivity index (χ4n) is 2.43. The first-order valence-corrected chi connectivity index (χ1v) is 6.77. The first kappa shape index (κ1) is 13.8. The lowest BCUT2D eigenvalue weighted by molar-refractivity contribution is 0.0690. The van der Waals surface area contributed by atoms with Gasteiger partial charge in [0.15, 0.2) is 0 Å². The number of nitrogens with one attached hydrogen (secondary N) is 1. The Labute approximate surface area is 113 Å². The molecule has 1 aromatic rings. The molecule has 1 fully saturated rings. The van der Waals surface area contributed by atoms with Crippen molar-refractivity contribution < 1.29 is 9.90 Å². The molecule has 0 radical (unpaired) electrons. The second kappa shape index (κ2) is 6.52. The lowest BCUT2D eigenvalue weighted by Gasteiger charge is -2.28. The maximum absolute atomic E-state index is 10.8. The Morgan fingerprint density at radius 3 is 2.95 bits per heavy atom. The summed E-state index contributed by atoms with van der Waals surface area (Å²) in [7, 11) is 2.17. The van der Waals surface area contributed by atoms with E-state index in [1.54, 1.807) is 12.1 Å². The van der Waals surface area contributed by atoms with Gasteiger partial charge in [0, 0.05) is 18.4 Å². The minimum Gasteiger partial charge on any atom is -0.477 e. The molecular formula is C14H21N3O2. The molecule has 1 saturated heterocycles. The zero-order valence-electron chi connectivity index (χ0n) is 11.3. The van der Waals surface area contributed by atoms with Crippen LogP contribution in [0.3, 0.4) is 0 Å². The molecule has 0 spiro atoms. The van der Waals surface area contributed by atoms with Crippen LogP contribution in [-0.2, 0) is 0 Å². The van der Waals surface area contributed by atoms with E-state index in [-0.39, 0.29) is 5.69 Å². The van der Waals surface area contributed by atoms with Gasteiger partial charge in [-0.15, -0.1) is 0 Å². The maximum Gasteiger partial charge on any atom is 0.354 e. The summed E-state index contributed by atoms with van der Waals surface area (Å²) in [6.07, 6.45) is 5.18. The van der Waals surface area contributed by atoms with Crippen LogP contribution in [0.25, 0.3) is 0 Å². The highest BCUT2D eigenvalue weighted by Crippen LogP contribution is 2.19. The number of hydrogen-bond donors (Lipinski definition) is 2. The van der Waals surface area contributed by atoms with E-state index in [9.17, 15) is 4.79 Å². The van der Waals surface area contributed by atoms with E-state index in [2.05, 4.69) is 22.2 Å². The number of carboxylic acid groups (broad SMARTS) is 1. The molecule has 19 heavy (non-hydrogen) atoms. The summed E-state index contributed by atoms with van der Waals surface area (Å²) >= 11 is 0. The third-order valence-corrected chi connectivity index (χ3v) is 3.70. The second-order valence-electron chi connectivity index (χ2n) is 5.20. The van der Waals surface area contributed by atoms with Gasteiger partial charge in [0.25, 0.3) is 0 Å². The predicted octanol–water partition coefficient (Wildman–Crippen LogP) is 1.92. The summed E-state index contributed by atoms with van der Waals surface area (Å²) in [5.41, 5.74) is 0.921. The molecule has 1 aliphatic rings. The molecule has 2 N–H and O–H groups in total. The zero-order valence-corrected chi connectivity index (χ0v) is 11.3. The fraction of sp³-hybridized carbons (Fsp3) is 0.571. The summed E-state index contributed by atoms with van der Waals surface area (Å²) in [5, 5.41) is 12.1. The van der Waals surface area contributed by atoms with Crippen molar-refractivity contribution >= 4 is 11.7 Å². The summed E-state index contributed by atoms with van der Waals surface area (Å²) in [6, 6.07) is 3.39. The van der Waals surface area contributed by atoms with Crippen molar-refractivity contribution in [3.63, 3.8) is 0 Å². The van der Waals surface area contributed by atoms with Crippen LogP contribution in [0.15, 0.2) is 18.3 Å². The molecule has 104 valence electrons. The Balaban J connectivity index is 1.76. The quantitative estimate of drug-likeness (QED) is 0.849. The summed E-state index contributed by atoms with van der Waals surface area (Å²) in [5.74, 6) is -0.205. The van der Waals surface area contributed by atoms with Gasteiger partial charge >= 0.3 is 5.97 Å². The molecule has 0 aromatic carbocycles. The largest absolute Gasteiger partial charge is 0.477 e. The van der Waals surface area contributed by atoms with Crippen molar-refractivity contribution in [3.8, 4) is 0 Å². The normalized spacial score (nSPS) is 17.3. The van der Waals surface area contributed by atoms with Crippen molar-refractivity contribution in [1.29, 1.82) is 0 Å². The fourth-order valence-corrected chi connectivity index (χ4v) is 2.43. The molecular weight excluding hydrogens is 242 g/mol. The monoisotopic (exact) mass is 263 g/mol. The van der Waals surface area contributed by atoms with Gasteiger partial charge in [-0.1, -0.05) is 0 Å². The molecule has 2 heterocycles. The van der Waals surface area contributed by atoms with Gasteiger partial charge in [0.2, 0.25) is 0 Å². The first-order chi connectivity index (χ1) is 9.15. The van der Waals surface area contributed by atoms with Crippen molar-refractivity contribution in [2.45, 2.75) is 19.3 Å². The molecule has 2 rings (SSSR count). The lowest BCUT2D eigenvalue weighted by Crippen LogP contribution is -2.30. The number of hydrogen-bond acceptors (Lipinski definition) is 4. The molecule has 5 nitrogen and oxygen atoms in total. The Bertz CT molecular complexity index is 428. The molecule has 0 saturated carbocycles. The molecule has 5 heteroatoms. The number of likely N-dealkylation sites (tertiary alicyclic amines) is 1. The average Bonchev–Trinajstić information content (AvgIpc) is 2.41. The van der Waals surface area contributed by atoms with Gasteiger partial charge in [0.1, 0.15) is 5.69 Å². The Hall–Kier alpha value is -1.62. The van der Waals surface area contributed by atoms with E-state index >= 15 is 0 Å². The van der Waals surface area contributed by atoms with E-state index in [4.69, 9.17) is 5.11 Å². The number of carbonyl (C=O) groups is 1. The summed E-state index contributed by atoms with van der Waals surface area (Å²) < 4.78 is 0. The van der Waals surface area contributed by atoms with Crippen LogP contribution in [0, 0.1) is 5.92 Å². The number of piperidine rings is 1. The van der Waals surface area contributed by atoms with Crippen molar-refractivity contribution in [2.75, 3.05) is 32.0 Å². The standard InChI is InChI=1S/C14H21N3O2/c1-17-8-4-11(5-9-17)2-6-15-12-3-7-16-13(10-12)14(18)19/h3,7,10-11H,2,4-6,8-9H2,1H3,(H,15,16)(H,18,19). The molecule has 0 amide bonds. The lowest BCUT2D eigenvalue weighted by atomic mass is 9.94. The highest BCUT2D eigenvalue weighted by atomic mass is 16.4. The van der Waals surface area contributed by atoms with E-state index in [1.807, 2.05) is 0 Å². The van der Waals surface area contributed by atoms with Gasteiger partial charge in [-0.05, 0) is 57.5 Å². The van der Waals surface area contributed by atoms with Crippen LogP contribution in [0.5, 0.6) is 0 Å². The third-order valence-electron chi connectivity index (χ3n) is 3.70. The van der Waals surface area contributed by atoms with Crippen molar-refractivity contribution in [3.05, 3.63) is 24.0 Å². The van der Waals surface area contributed by atoms with E-state index in [1.165, 1.54) is 32.1 Å². The minimum atomic E-state index is -0.987. The van der Waals surface area contributed by atoms with Crippen LogP contribution < -0.4 is 5.32 Å². The molecule has 0 bridgehead atoms. The van der Waals surface area contributed by atoms with Crippen LogP contribution >= 0.6 is 0 Å². The number of aromatic nitrogens is 1. The maximum atomic E-state index is 10.8. The predicted molar refractivity (Wildman–Crippen MR) is 74.5 cm³/mol. The molecule has 0 atom stereocenters. The SMILES string of the molecule is CN1CCC(CCNc2ccnc(C(=O)O)c2)CC1. The van der Waals surface area contributed by atoms with Crippen LogP contribution in [0.2, 0.25) is 0 Å². The molecule has 1 aliphatic heterocycles. The average molecular weight is 263 g/mol. The Morgan fingerprint density at radius 1 is 1.53 bits per heavy atom. The highest BCUT2D eigenvalue weighted by Gasteiger charge is 2.15. The van der Waals surface area contributed by atoms with Gasteiger partial charge in [-0.2, -0.15) is 0 Å². The summed E-state index contributed by atoms with van der Waals surface area (Å²) in [4.78, 5) is 17.0. The smallest absolute Gasteiger partial charge is 0.354 e. The number of nitrogens with zero attached hydrogens (tertiary/aromatic N) is 2. The second-order valence-corrected chi connectivity index (χ2v) is 5.20. The Kier molecular flexibility index (Phi) is 4.74. The van der Waals surface area contributed by atoms with Crippen molar-refractivity contribution in [2.24, 2.45) is 5.92 Å². The topological polar surface area (TPSA) is 65.5 Å². The van der Waals surface area contributed by atoms with Gasteiger partial charge in [-0.3, -0.25) is 0 Å². The number of pyridine rings is 1. The van der Waals surface area contributed by atoms with Gasteiger partial charge < -0.3 is 15.3 Å². The Morgan fingerprint density at radius 2 is 2.26 bits per heavy atom. The third kappa shape index (κ3) is 4.21. The number of rotatable bonds is 5. The van der Waals surface area contributed by atoms with Crippen LogP contribution in [0.1, 0.15) is 29.8 Å². The van der Waals surface area contributed by atoms with Gasteiger partial charge in [0.05, 0.1) is 0 Å². The van der Waals surface area contributed by atoms with Crippen molar-refractivity contribution in [1.82, 2.24) is 9.88 Å². The van der Waals surface area contributed by atoms with Gasteiger partial charge in [-0.25, -0.2) is 9.78 Å². The number of aromatic carboxylic acids is 1. The first-order valence-electron chi connectivity index (χ1n) is 6.77.